The predicted molar refractivity (Wildman–Crippen MR) is 108 cm³/mol. The Bertz CT molecular complexity index is 1450. The van der Waals surface area contributed by atoms with Crippen LogP contribution in [-0.2, 0) is 7.05 Å². The zero-order valence-electron chi connectivity index (χ0n) is 16.4. The lowest BCUT2D eigenvalue weighted by atomic mass is 10.0. The molecule has 3 heterocycles. The van der Waals surface area contributed by atoms with Gasteiger partial charge in [0.15, 0.2) is 5.82 Å². The number of halogens is 3. The van der Waals surface area contributed by atoms with Crippen molar-refractivity contribution >= 4 is 21.8 Å². The highest BCUT2D eigenvalue weighted by molar-refractivity contribution is 6.05. The first-order chi connectivity index (χ1) is 14.4. The number of pyridine rings is 1. The molecule has 0 fully saturated rings. The standard InChI is InChI=1S/C22H16F3N5/c1-11-5-4-6-14-20(28-30(22(11)14)13-7-8-17(25)26-10-13)19-15(23)9-16(24)21-18(19)12(2)29(3)27-21/h4-10H,1-3H3. The van der Waals surface area contributed by atoms with Crippen LogP contribution in [0.15, 0.2) is 42.6 Å². The SMILES string of the molecule is Cc1cccc2c(-c3c(F)cc(F)c4nn(C)c(C)c34)nn(-c3ccc(F)nc3)c12. The highest BCUT2D eigenvalue weighted by Crippen LogP contribution is 2.39. The minimum Gasteiger partial charge on any atom is -0.272 e. The zero-order valence-corrected chi connectivity index (χ0v) is 16.4. The van der Waals surface area contributed by atoms with Gasteiger partial charge in [-0.15, -0.1) is 0 Å². The zero-order chi connectivity index (χ0) is 21.2. The molecule has 5 nitrogen and oxygen atoms in total. The second kappa shape index (κ2) is 6.41. The van der Waals surface area contributed by atoms with Gasteiger partial charge >= 0.3 is 0 Å². The van der Waals surface area contributed by atoms with Gasteiger partial charge in [0, 0.05) is 35.1 Å². The monoisotopic (exact) mass is 407 g/mol. The van der Waals surface area contributed by atoms with E-state index in [0.29, 0.717) is 27.8 Å². The molecule has 30 heavy (non-hydrogen) atoms. The molecule has 2 aromatic carbocycles. The molecule has 0 spiro atoms. The van der Waals surface area contributed by atoms with E-state index in [1.807, 2.05) is 25.1 Å². The van der Waals surface area contributed by atoms with Crippen LogP contribution in [0.1, 0.15) is 11.3 Å². The van der Waals surface area contributed by atoms with Crippen LogP contribution in [0.25, 0.3) is 38.8 Å². The Balaban J connectivity index is 1.92. The van der Waals surface area contributed by atoms with Gasteiger partial charge in [-0.25, -0.2) is 18.4 Å². The maximum Gasteiger partial charge on any atom is 0.212 e. The fraction of sp³-hybridized carbons (Fsp3) is 0.136. The van der Waals surface area contributed by atoms with Crippen LogP contribution < -0.4 is 0 Å². The normalized spacial score (nSPS) is 11.7. The highest BCUT2D eigenvalue weighted by atomic mass is 19.1. The third-order valence-corrected chi connectivity index (χ3v) is 5.40. The van der Waals surface area contributed by atoms with E-state index in [1.54, 1.807) is 24.7 Å². The molecular weight excluding hydrogens is 391 g/mol. The van der Waals surface area contributed by atoms with E-state index in [2.05, 4.69) is 15.2 Å². The van der Waals surface area contributed by atoms with E-state index >= 15 is 4.39 Å². The molecule has 0 N–H and O–H groups in total. The van der Waals surface area contributed by atoms with Crippen molar-refractivity contribution in [3.63, 3.8) is 0 Å². The van der Waals surface area contributed by atoms with E-state index in [1.165, 1.54) is 16.9 Å². The van der Waals surface area contributed by atoms with Crippen LogP contribution in [0.5, 0.6) is 0 Å². The molecule has 0 amide bonds. The quantitative estimate of drug-likeness (QED) is 0.387. The van der Waals surface area contributed by atoms with Gasteiger partial charge in [0.1, 0.15) is 17.0 Å². The fourth-order valence-electron chi connectivity index (χ4n) is 3.88. The molecule has 0 saturated carbocycles. The average molecular weight is 407 g/mol. The maximum absolute atomic E-state index is 15.2. The Morgan fingerprint density at radius 2 is 1.73 bits per heavy atom. The Labute approximate surface area is 169 Å². The number of aromatic nitrogens is 5. The largest absolute Gasteiger partial charge is 0.272 e. The Morgan fingerprint density at radius 3 is 2.47 bits per heavy atom. The van der Waals surface area contributed by atoms with Crippen LogP contribution in [0, 0.1) is 31.4 Å². The van der Waals surface area contributed by atoms with Crippen molar-refractivity contribution in [2.24, 2.45) is 7.05 Å². The summed E-state index contributed by atoms with van der Waals surface area (Å²) < 4.78 is 46.1. The fourth-order valence-corrected chi connectivity index (χ4v) is 3.88. The van der Waals surface area contributed by atoms with Crippen molar-refractivity contribution in [2.75, 3.05) is 0 Å². The van der Waals surface area contributed by atoms with E-state index in [4.69, 9.17) is 0 Å². The van der Waals surface area contributed by atoms with Gasteiger partial charge < -0.3 is 0 Å². The highest BCUT2D eigenvalue weighted by Gasteiger charge is 2.25. The Kier molecular flexibility index (Phi) is 3.92. The van der Waals surface area contributed by atoms with Crippen LogP contribution in [0.3, 0.4) is 0 Å². The van der Waals surface area contributed by atoms with Gasteiger partial charge in [-0.1, -0.05) is 18.2 Å². The summed E-state index contributed by atoms with van der Waals surface area (Å²) in [5.74, 6) is -2.05. The Morgan fingerprint density at radius 1 is 0.933 bits per heavy atom. The third-order valence-electron chi connectivity index (χ3n) is 5.40. The maximum atomic E-state index is 15.2. The second-order valence-electron chi connectivity index (χ2n) is 7.22. The van der Waals surface area contributed by atoms with Crippen molar-refractivity contribution in [3.05, 3.63) is 71.4 Å². The van der Waals surface area contributed by atoms with Crippen molar-refractivity contribution in [3.8, 4) is 16.9 Å². The smallest absolute Gasteiger partial charge is 0.212 e. The van der Waals surface area contributed by atoms with Crippen molar-refractivity contribution in [2.45, 2.75) is 13.8 Å². The molecule has 0 aliphatic carbocycles. The summed E-state index contributed by atoms with van der Waals surface area (Å²) in [7, 11) is 1.68. The molecule has 0 aliphatic rings. The van der Waals surface area contributed by atoms with E-state index in [0.717, 1.165) is 17.1 Å². The van der Waals surface area contributed by atoms with E-state index in [-0.39, 0.29) is 11.1 Å². The minimum atomic E-state index is -0.724. The predicted octanol–water partition coefficient (Wildman–Crippen LogP) is 5.01. The summed E-state index contributed by atoms with van der Waals surface area (Å²) >= 11 is 0. The molecule has 0 saturated heterocycles. The lowest BCUT2D eigenvalue weighted by molar-refractivity contribution is 0.582. The molecule has 150 valence electrons. The van der Waals surface area contributed by atoms with Crippen LogP contribution in [0.4, 0.5) is 13.2 Å². The van der Waals surface area contributed by atoms with Crippen molar-refractivity contribution in [1.82, 2.24) is 24.5 Å². The summed E-state index contributed by atoms with van der Waals surface area (Å²) in [5, 5.41) is 9.93. The molecule has 0 bridgehead atoms. The van der Waals surface area contributed by atoms with Crippen molar-refractivity contribution < 1.29 is 13.2 Å². The lowest BCUT2D eigenvalue weighted by Crippen LogP contribution is -1.99. The topological polar surface area (TPSA) is 48.5 Å². The molecule has 5 aromatic rings. The molecule has 0 aliphatic heterocycles. The van der Waals surface area contributed by atoms with E-state index < -0.39 is 17.6 Å². The molecule has 5 rings (SSSR count). The summed E-state index contributed by atoms with van der Waals surface area (Å²) in [6.07, 6.45) is 1.37. The van der Waals surface area contributed by atoms with Crippen LogP contribution in [-0.4, -0.2) is 24.5 Å². The number of fused-ring (bicyclic) bond motifs is 2. The van der Waals surface area contributed by atoms with Crippen LogP contribution >= 0.6 is 0 Å². The van der Waals surface area contributed by atoms with Crippen LogP contribution in [0.2, 0.25) is 0 Å². The average Bonchev–Trinajstić information content (AvgIpc) is 3.23. The number of aryl methyl sites for hydroxylation is 3. The van der Waals surface area contributed by atoms with Gasteiger partial charge in [-0.05, 0) is 31.5 Å². The number of benzene rings is 2. The van der Waals surface area contributed by atoms with Crippen molar-refractivity contribution in [1.29, 1.82) is 0 Å². The molecule has 0 radical (unpaired) electrons. The molecule has 0 unspecified atom stereocenters. The number of nitrogens with zero attached hydrogens (tertiary/aromatic N) is 5. The van der Waals surface area contributed by atoms with Gasteiger partial charge in [0.05, 0.1) is 17.4 Å². The molecule has 3 aromatic heterocycles. The number of hydrogen-bond acceptors (Lipinski definition) is 3. The Hall–Kier alpha value is -3.68. The third kappa shape index (κ3) is 2.53. The number of rotatable bonds is 2. The van der Waals surface area contributed by atoms with Gasteiger partial charge in [0.2, 0.25) is 5.95 Å². The summed E-state index contributed by atoms with van der Waals surface area (Å²) in [6, 6.07) is 9.22. The first kappa shape index (κ1) is 18.4. The van der Waals surface area contributed by atoms with Gasteiger partial charge in [-0.3, -0.25) is 4.68 Å². The van der Waals surface area contributed by atoms with Gasteiger partial charge in [0.25, 0.3) is 0 Å². The lowest BCUT2D eigenvalue weighted by Gasteiger charge is -2.05. The minimum absolute atomic E-state index is 0.0881. The summed E-state index contributed by atoms with van der Waals surface area (Å²) in [5.41, 5.74) is 3.42. The molecule has 0 atom stereocenters. The van der Waals surface area contributed by atoms with Gasteiger partial charge in [-0.2, -0.15) is 14.6 Å². The molecular formula is C22H16F3N5. The number of para-hydroxylation sites is 1. The summed E-state index contributed by atoms with van der Waals surface area (Å²) in [4.78, 5) is 3.71. The molecule has 8 heteroatoms. The van der Waals surface area contributed by atoms with E-state index in [9.17, 15) is 8.78 Å². The first-order valence-corrected chi connectivity index (χ1v) is 9.28. The number of hydrogen-bond donors (Lipinski definition) is 0. The second-order valence-corrected chi connectivity index (χ2v) is 7.22. The summed E-state index contributed by atoms with van der Waals surface area (Å²) in [6.45, 7) is 3.67. The first-order valence-electron chi connectivity index (χ1n) is 9.28.